The molecule has 7 nitrogen and oxygen atoms in total. The van der Waals surface area contributed by atoms with Gasteiger partial charge in [0.1, 0.15) is 6.61 Å². The van der Waals surface area contributed by atoms with Crippen molar-refractivity contribution in [2.75, 3.05) is 33.8 Å². The third kappa shape index (κ3) is 4.29. The average Bonchev–Trinajstić information content (AvgIpc) is 2.45. The molecule has 0 atom stereocenters. The van der Waals surface area contributed by atoms with Crippen LogP contribution in [0.1, 0.15) is 15.9 Å². The maximum absolute atomic E-state index is 12.2. The lowest BCUT2D eigenvalue weighted by atomic mass is 10.0. The zero-order chi connectivity index (χ0) is 17.0. The fraction of sp³-hybridized carbons (Fsp3) is 0.438. The summed E-state index contributed by atoms with van der Waals surface area (Å²) in [6.07, 6.45) is -0.0937. The van der Waals surface area contributed by atoms with Crippen LogP contribution in [0.2, 0.25) is 0 Å². The second-order valence-corrected chi connectivity index (χ2v) is 5.66. The lowest BCUT2D eigenvalue weighted by Crippen LogP contribution is -2.55. The van der Waals surface area contributed by atoms with Gasteiger partial charge in [0.05, 0.1) is 18.1 Å². The van der Waals surface area contributed by atoms with Gasteiger partial charge in [0.2, 0.25) is 11.8 Å². The third-order valence-corrected chi connectivity index (χ3v) is 3.73. The molecule has 1 heterocycles. The van der Waals surface area contributed by atoms with E-state index in [1.54, 1.807) is 37.2 Å². The predicted molar refractivity (Wildman–Crippen MR) is 82.1 cm³/mol. The van der Waals surface area contributed by atoms with E-state index < -0.39 is 5.97 Å². The van der Waals surface area contributed by atoms with E-state index in [2.05, 4.69) is 0 Å². The lowest BCUT2D eigenvalue weighted by Gasteiger charge is -2.39. The fourth-order valence-corrected chi connectivity index (χ4v) is 2.22. The number of amides is 2. The monoisotopic (exact) mass is 320 g/mol. The number of hydrogen-bond acceptors (Lipinski definition) is 4. The fourth-order valence-electron chi connectivity index (χ4n) is 2.22. The van der Waals surface area contributed by atoms with Crippen molar-refractivity contribution < 1.29 is 24.2 Å². The van der Waals surface area contributed by atoms with Crippen molar-refractivity contribution in [2.45, 2.75) is 12.5 Å². The van der Waals surface area contributed by atoms with E-state index in [1.807, 2.05) is 0 Å². The van der Waals surface area contributed by atoms with Crippen molar-refractivity contribution in [1.29, 1.82) is 0 Å². The van der Waals surface area contributed by atoms with Crippen molar-refractivity contribution in [1.82, 2.24) is 9.80 Å². The molecular weight excluding hydrogens is 300 g/mol. The Kier molecular flexibility index (Phi) is 5.33. The van der Waals surface area contributed by atoms with Crippen LogP contribution in [0.5, 0.6) is 0 Å². The standard InChI is InChI=1S/C16H20N2O5/c1-17(2)15(20)10-23-12-8-18(9-12)14(19)7-11-5-3-4-6-13(11)16(21)22/h3-6,12H,7-10H2,1-2H3,(H,21,22). The Morgan fingerprint density at radius 1 is 1.26 bits per heavy atom. The molecule has 124 valence electrons. The molecule has 1 aromatic rings. The zero-order valence-electron chi connectivity index (χ0n) is 13.2. The number of benzene rings is 1. The Hall–Kier alpha value is -2.41. The highest BCUT2D eigenvalue weighted by atomic mass is 16.5. The van der Waals surface area contributed by atoms with Gasteiger partial charge in [0, 0.05) is 27.2 Å². The number of carbonyl (C=O) groups excluding carboxylic acids is 2. The Balaban J connectivity index is 1.81. The number of carboxylic acids is 1. The van der Waals surface area contributed by atoms with Crippen LogP contribution in [-0.4, -0.2) is 72.6 Å². The zero-order valence-corrected chi connectivity index (χ0v) is 13.2. The predicted octanol–water partition coefficient (Wildman–Crippen LogP) is 0.243. The Bertz CT molecular complexity index is 608. The van der Waals surface area contributed by atoms with Crippen molar-refractivity contribution in [3.63, 3.8) is 0 Å². The molecule has 2 amide bonds. The Morgan fingerprint density at radius 3 is 2.52 bits per heavy atom. The summed E-state index contributed by atoms with van der Waals surface area (Å²) >= 11 is 0. The van der Waals surface area contributed by atoms with E-state index in [9.17, 15) is 14.4 Å². The van der Waals surface area contributed by atoms with Crippen LogP contribution in [0.4, 0.5) is 0 Å². The van der Waals surface area contributed by atoms with Crippen LogP contribution < -0.4 is 0 Å². The van der Waals surface area contributed by atoms with Gasteiger partial charge >= 0.3 is 5.97 Å². The molecule has 23 heavy (non-hydrogen) atoms. The van der Waals surface area contributed by atoms with Gasteiger partial charge in [0.15, 0.2) is 0 Å². The Labute approximate surface area is 134 Å². The molecule has 2 rings (SSSR count). The summed E-state index contributed by atoms with van der Waals surface area (Å²) in [4.78, 5) is 37.8. The van der Waals surface area contributed by atoms with Crippen molar-refractivity contribution >= 4 is 17.8 Å². The van der Waals surface area contributed by atoms with Crippen LogP contribution >= 0.6 is 0 Å². The molecule has 0 aliphatic carbocycles. The van der Waals surface area contributed by atoms with Gasteiger partial charge < -0.3 is 19.6 Å². The summed E-state index contributed by atoms with van der Waals surface area (Å²) in [5.74, 6) is -1.30. The summed E-state index contributed by atoms with van der Waals surface area (Å²) < 4.78 is 5.41. The van der Waals surface area contributed by atoms with Gasteiger partial charge in [-0.3, -0.25) is 9.59 Å². The molecule has 1 N–H and O–H groups in total. The second kappa shape index (κ2) is 7.23. The van der Waals surface area contributed by atoms with Gasteiger partial charge in [0.25, 0.3) is 0 Å². The van der Waals surface area contributed by atoms with Gasteiger partial charge in [-0.1, -0.05) is 18.2 Å². The molecule has 0 radical (unpaired) electrons. The molecule has 0 unspecified atom stereocenters. The van der Waals surface area contributed by atoms with Gasteiger partial charge in [-0.2, -0.15) is 0 Å². The smallest absolute Gasteiger partial charge is 0.335 e. The average molecular weight is 320 g/mol. The number of likely N-dealkylation sites (N-methyl/N-ethyl adjacent to an activating group) is 1. The molecule has 1 fully saturated rings. The highest BCUT2D eigenvalue weighted by Gasteiger charge is 2.32. The molecule has 0 bridgehead atoms. The quantitative estimate of drug-likeness (QED) is 0.811. The van der Waals surface area contributed by atoms with Crippen LogP contribution in [0.3, 0.4) is 0 Å². The minimum atomic E-state index is -1.04. The van der Waals surface area contributed by atoms with E-state index in [0.29, 0.717) is 18.7 Å². The van der Waals surface area contributed by atoms with Crippen LogP contribution in [0.25, 0.3) is 0 Å². The van der Waals surface area contributed by atoms with Crippen molar-refractivity contribution in [2.24, 2.45) is 0 Å². The normalized spacial score (nSPS) is 14.3. The molecule has 1 aliphatic rings. The first-order chi connectivity index (χ1) is 10.9. The molecule has 0 aromatic heterocycles. The van der Waals surface area contributed by atoms with E-state index in [-0.39, 0.29) is 36.5 Å². The first-order valence-corrected chi connectivity index (χ1v) is 7.29. The number of hydrogen-bond donors (Lipinski definition) is 1. The van der Waals surface area contributed by atoms with Crippen molar-refractivity contribution in [3.8, 4) is 0 Å². The number of likely N-dealkylation sites (tertiary alicyclic amines) is 1. The summed E-state index contributed by atoms with van der Waals surface area (Å²) in [7, 11) is 3.31. The number of carbonyl (C=O) groups is 3. The van der Waals surface area contributed by atoms with E-state index >= 15 is 0 Å². The van der Waals surface area contributed by atoms with E-state index in [4.69, 9.17) is 9.84 Å². The van der Waals surface area contributed by atoms with E-state index in [0.717, 1.165) is 0 Å². The Morgan fingerprint density at radius 2 is 1.91 bits per heavy atom. The molecule has 0 saturated carbocycles. The molecule has 1 aliphatic heterocycles. The molecular formula is C16H20N2O5. The third-order valence-electron chi connectivity index (χ3n) is 3.73. The van der Waals surface area contributed by atoms with Gasteiger partial charge in [-0.15, -0.1) is 0 Å². The topological polar surface area (TPSA) is 87.2 Å². The molecule has 7 heteroatoms. The first-order valence-electron chi connectivity index (χ1n) is 7.29. The minimum absolute atomic E-state index is 0.00153. The maximum Gasteiger partial charge on any atom is 0.335 e. The highest BCUT2D eigenvalue weighted by Crippen LogP contribution is 2.16. The number of carboxylic acid groups (broad SMARTS) is 1. The summed E-state index contributed by atoms with van der Waals surface area (Å²) in [6, 6.07) is 6.47. The minimum Gasteiger partial charge on any atom is -0.478 e. The number of nitrogens with zero attached hydrogens (tertiary/aromatic N) is 2. The molecule has 1 saturated heterocycles. The summed E-state index contributed by atoms with van der Waals surface area (Å²) in [5.41, 5.74) is 0.642. The summed E-state index contributed by atoms with van der Waals surface area (Å²) in [6.45, 7) is 0.852. The highest BCUT2D eigenvalue weighted by molar-refractivity contribution is 5.91. The van der Waals surface area contributed by atoms with Crippen LogP contribution in [0, 0.1) is 0 Å². The maximum atomic E-state index is 12.2. The molecule has 0 spiro atoms. The van der Waals surface area contributed by atoms with E-state index in [1.165, 1.54) is 11.0 Å². The van der Waals surface area contributed by atoms with Crippen LogP contribution in [0.15, 0.2) is 24.3 Å². The number of rotatable bonds is 6. The first kappa shape index (κ1) is 17.0. The second-order valence-electron chi connectivity index (χ2n) is 5.66. The van der Waals surface area contributed by atoms with Crippen LogP contribution in [-0.2, 0) is 20.7 Å². The van der Waals surface area contributed by atoms with Gasteiger partial charge in [-0.25, -0.2) is 4.79 Å². The number of ether oxygens (including phenoxy) is 1. The lowest BCUT2D eigenvalue weighted by molar-refractivity contribution is -0.149. The SMILES string of the molecule is CN(C)C(=O)COC1CN(C(=O)Cc2ccccc2C(=O)O)C1. The largest absolute Gasteiger partial charge is 0.478 e. The number of aromatic carboxylic acids is 1. The summed E-state index contributed by atoms with van der Waals surface area (Å²) in [5, 5.41) is 9.12. The van der Waals surface area contributed by atoms with Crippen molar-refractivity contribution in [3.05, 3.63) is 35.4 Å². The van der Waals surface area contributed by atoms with Gasteiger partial charge in [-0.05, 0) is 11.6 Å². The molecule has 1 aromatic carbocycles.